The summed E-state index contributed by atoms with van der Waals surface area (Å²) in [6.07, 6.45) is 4.29. The fourth-order valence-corrected chi connectivity index (χ4v) is 4.87. The summed E-state index contributed by atoms with van der Waals surface area (Å²) in [5, 5.41) is 2.23. The number of aromatic nitrogens is 1. The number of carbonyl (C=O) groups is 1. The molecule has 1 fully saturated rings. The fourth-order valence-electron chi connectivity index (χ4n) is 4.87. The van der Waals surface area contributed by atoms with Crippen molar-refractivity contribution >= 4 is 16.7 Å². The highest BCUT2D eigenvalue weighted by Crippen LogP contribution is 2.29. The third kappa shape index (κ3) is 4.19. The minimum absolute atomic E-state index is 0.135. The van der Waals surface area contributed by atoms with Gasteiger partial charge in [0.05, 0.1) is 0 Å². The van der Waals surface area contributed by atoms with E-state index < -0.39 is 0 Å². The van der Waals surface area contributed by atoms with Crippen LogP contribution in [0.2, 0.25) is 0 Å². The van der Waals surface area contributed by atoms with Gasteiger partial charge in [-0.05, 0) is 61.0 Å². The fraction of sp³-hybridized carbons (Fsp3) is 0.276. The van der Waals surface area contributed by atoms with E-state index in [2.05, 4.69) is 91.2 Å². The minimum Gasteiger partial charge on any atom is -0.336 e. The van der Waals surface area contributed by atoms with E-state index in [0.29, 0.717) is 6.04 Å². The van der Waals surface area contributed by atoms with Crippen LogP contribution in [0.3, 0.4) is 0 Å². The van der Waals surface area contributed by atoms with Crippen molar-refractivity contribution in [1.82, 2.24) is 14.4 Å². The molecule has 1 aliphatic heterocycles. The smallest absolute Gasteiger partial charge is 0.253 e. The van der Waals surface area contributed by atoms with E-state index in [9.17, 15) is 4.79 Å². The number of nitrogens with zero attached hydrogens (tertiary/aromatic N) is 3. The molecule has 0 N–H and O–H groups in total. The second-order valence-corrected chi connectivity index (χ2v) is 9.25. The summed E-state index contributed by atoms with van der Waals surface area (Å²) in [7, 11) is 0. The second kappa shape index (κ2) is 8.87. The summed E-state index contributed by atoms with van der Waals surface area (Å²) in [4.78, 5) is 17.6. The highest BCUT2D eigenvalue weighted by atomic mass is 16.2. The third-order valence-electron chi connectivity index (χ3n) is 6.89. The molecule has 2 heterocycles. The lowest BCUT2D eigenvalue weighted by atomic mass is 9.99. The Morgan fingerprint density at radius 1 is 0.818 bits per heavy atom. The van der Waals surface area contributed by atoms with Crippen molar-refractivity contribution in [2.75, 3.05) is 26.2 Å². The monoisotopic (exact) mass is 437 g/mol. The van der Waals surface area contributed by atoms with Gasteiger partial charge in [0.25, 0.3) is 5.91 Å². The van der Waals surface area contributed by atoms with E-state index in [1.165, 1.54) is 16.7 Å². The van der Waals surface area contributed by atoms with Gasteiger partial charge in [-0.1, -0.05) is 48.5 Å². The van der Waals surface area contributed by atoms with E-state index in [1.807, 2.05) is 23.1 Å². The molecule has 5 rings (SSSR count). The van der Waals surface area contributed by atoms with Gasteiger partial charge in [-0.3, -0.25) is 9.69 Å². The van der Waals surface area contributed by atoms with Crippen LogP contribution in [0, 0.1) is 6.92 Å². The second-order valence-electron chi connectivity index (χ2n) is 9.25. The summed E-state index contributed by atoms with van der Waals surface area (Å²) in [5.41, 5.74) is 5.63. The van der Waals surface area contributed by atoms with Crippen LogP contribution in [0.25, 0.3) is 27.6 Å². The number of rotatable bonds is 4. The lowest BCUT2D eigenvalue weighted by Crippen LogP contribution is -2.50. The zero-order chi connectivity index (χ0) is 22.9. The Morgan fingerprint density at radius 2 is 1.55 bits per heavy atom. The number of piperazine rings is 1. The quantitative estimate of drug-likeness (QED) is 0.405. The van der Waals surface area contributed by atoms with Crippen LogP contribution in [0.1, 0.15) is 29.8 Å². The van der Waals surface area contributed by atoms with Crippen molar-refractivity contribution < 1.29 is 4.79 Å². The number of fused-ring (bicyclic) bond motifs is 1. The molecule has 4 heteroatoms. The predicted molar refractivity (Wildman–Crippen MR) is 136 cm³/mol. The zero-order valence-corrected chi connectivity index (χ0v) is 19.7. The summed E-state index contributed by atoms with van der Waals surface area (Å²) in [6, 6.07) is 23.5. The molecule has 3 aromatic carbocycles. The summed E-state index contributed by atoms with van der Waals surface area (Å²) in [5.74, 6) is 0.135. The normalized spacial score (nSPS) is 14.8. The lowest BCUT2D eigenvalue weighted by molar-refractivity contribution is 0.0595. The van der Waals surface area contributed by atoms with Crippen LogP contribution in [0.5, 0.6) is 0 Å². The molecule has 1 aromatic heterocycles. The Balaban J connectivity index is 1.42. The molecular weight excluding hydrogens is 406 g/mol. The first-order valence-corrected chi connectivity index (χ1v) is 11.8. The summed E-state index contributed by atoms with van der Waals surface area (Å²) >= 11 is 0. The van der Waals surface area contributed by atoms with Crippen molar-refractivity contribution in [2.24, 2.45) is 0 Å². The average molecular weight is 438 g/mol. The molecule has 0 spiro atoms. The molecule has 168 valence electrons. The molecule has 0 unspecified atom stereocenters. The number of hydrogen-bond acceptors (Lipinski definition) is 2. The van der Waals surface area contributed by atoms with Crippen molar-refractivity contribution in [3.8, 4) is 16.8 Å². The van der Waals surface area contributed by atoms with Crippen molar-refractivity contribution in [3.63, 3.8) is 0 Å². The number of carbonyl (C=O) groups excluding carboxylic acids is 1. The van der Waals surface area contributed by atoms with E-state index in [-0.39, 0.29) is 5.91 Å². The van der Waals surface area contributed by atoms with E-state index in [4.69, 9.17) is 0 Å². The molecule has 0 atom stereocenters. The van der Waals surface area contributed by atoms with E-state index in [1.54, 1.807) is 0 Å². The largest absolute Gasteiger partial charge is 0.336 e. The van der Waals surface area contributed by atoms with Gasteiger partial charge in [-0.2, -0.15) is 0 Å². The molecular formula is C29H31N3O. The maximum absolute atomic E-state index is 13.2. The van der Waals surface area contributed by atoms with Gasteiger partial charge < -0.3 is 9.47 Å². The predicted octanol–water partition coefficient (Wildman–Crippen LogP) is 5.77. The topological polar surface area (TPSA) is 28.5 Å². The molecule has 4 nitrogen and oxygen atoms in total. The number of hydrogen-bond donors (Lipinski definition) is 0. The maximum Gasteiger partial charge on any atom is 0.253 e. The van der Waals surface area contributed by atoms with Gasteiger partial charge in [-0.15, -0.1) is 0 Å². The molecule has 0 radical (unpaired) electrons. The van der Waals surface area contributed by atoms with Crippen molar-refractivity contribution in [1.29, 1.82) is 0 Å². The first-order valence-electron chi connectivity index (χ1n) is 11.8. The molecule has 33 heavy (non-hydrogen) atoms. The summed E-state index contributed by atoms with van der Waals surface area (Å²) < 4.78 is 2.18. The first kappa shape index (κ1) is 21.5. The zero-order valence-electron chi connectivity index (χ0n) is 19.7. The Morgan fingerprint density at radius 3 is 2.27 bits per heavy atom. The molecule has 1 aliphatic rings. The Kier molecular flexibility index (Phi) is 5.77. The van der Waals surface area contributed by atoms with Crippen LogP contribution in [0.4, 0.5) is 0 Å². The van der Waals surface area contributed by atoms with Crippen LogP contribution >= 0.6 is 0 Å². The van der Waals surface area contributed by atoms with Crippen LogP contribution in [-0.4, -0.2) is 52.5 Å². The van der Waals surface area contributed by atoms with E-state index >= 15 is 0 Å². The maximum atomic E-state index is 13.2. The molecule has 1 saturated heterocycles. The molecule has 0 saturated carbocycles. The van der Waals surface area contributed by atoms with Gasteiger partial charge in [0.15, 0.2) is 0 Å². The molecule has 0 aliphatic carbocycles. The Labute approximate surface area is 196 Å². The van der Waals surface area contributed by atoms with Crippen molar-refractivity contribution in [3.05, 3.63) is 90.3 Å². The van der Waals surface area contributed by atoms with Gasteiger partial charge >= 0.3 is 0 Å². The van der Waals surface area contributed by atoms with Crippen molar-refractivity contribution in [2.45, 2.75) is 26.8 Å². The van der Waals surface area contributed by atoms with Crippen LogP contribution in [0.15, 0.2) is 79.1 Å². The van der Waals surface area contributed by atoms with Gasteiger partial charge in [0, 0.05) is 61.3 Å². The number of benzene rings is 3. The SMILES string of the molecule is Cc1c(-c2ccccc2)cccc1-n1cc2ccc(C(=O)N3CCN(C(C)C)CC3)cc2c1. The lowest BCUT2D eigenvalue weighted by Gasteiger charge is -2.37. The molecule has 4 aromatic rings. The van der Waals surface area contributed by atoms with Gasteiger partial charge in [0.2, 0.25) is 0 Å². The average Bonchev–Trinajstić information content (AvgIpc) is 3.27. The van der Waals surface area contributed by atoms with Crippen LogP contribution < -0.4 is 0 Å². The molecule has 0 bridgehead atoms. The summed E-state index contributed by atoms with van der Waals surface area (Å²) in [6.45, 7) is 10.1. The van der Waals surface area contributed by atoms with Gasteiger partial charge in [0.1, 0.15) is 0 Å². The highest BCUT2D eigenvalue weighted by Gasteiger charge is 2.23. The standard InChI is InChI=1S/C29H31N3O/c1-21(2)30-14-16-31(17-15-30)29(33)24-12-13-25-19-32(20-26(25)18-24)28-11-7-10-27(22(28)3)23-8-5-4-6-9-23/h4-13,18-21H,14-17H2,1-3H3. The highest BCUT2D eigenvalue weighted by molar-refractivity contribution is 5.98. The molecule has 1 amide bonds. The first-order chi connectivity index (χ1) is 16.0. The Hall–Kier alpha value is -3.37. The Bertz CT molecular complexity index is 1280. The third-order valence-corrected chi connectivity index (χ3v) is 6.89. The van der Waals surface area contributed by atoms with Gasteiger partial charge in [-0.25, -0.2) is 0 Å². The number of amides is 1. The minimum atomic E-state index is 0.135. The van der Waals surface area contributed by atoms with Crippen LogP contribution in [-0.2, 0) is 0 Å². The van der Waals surface area contributed by atoms with E-state index in [0.717, 1.165) is 48.2 Å².